The summed E-state index contributed by atoms with van der Waals surface area (Å²) in [7, 11) is 1.69. The third-order valence-corrected chi connectivity index (χ3v) is 1.78. The molecule has 1 aromatic heterocycles. The molecule has 0 amide bonds. The number of rotatable bonds is 6. The molecule has 0 radical (unpaired) electrons. The summed E-state index contributed by atoms with van der Waals surface area (Å²) in [5.41, 5.74) is 6.23. The number of nitrogens with two attached hydrogens (primary N) is 1. The van der Waals surface area contributed by atoms with Crippen molar-refractivity contribution in [3.63, 3.8) is 0 Å². The van der Waals surface area contributed by atoms with Crippen LogP contribution in [0.2, 0.25) is 0 Å². The SMILES string of the molecule is COCCCCOc1ncccc1N. The quantitative estimate of drug-likeness (QED) is 0.700. The monoisotopic (exact) mass is 196 g/mol. The van der Waals surface area contributed by atoms with E-state index in [2.05, 4.69) is 4.98 Å². The highest BCUT2D eigenvalue weighted by atomic mass is 16.5. The normalized spacial score (nSPS) is 10.1. The summed E-state index contributed by atoms with van der Waals surface area (Å²) in [5, 5.41) is 0. The lowest BCUT2D eigenvalue weighted by molar-refractivity contribution is 0.183. The Morgan fingerprint density at radius 3 is 2.86 bits per heavy atom. The van der Waals surface area contributed by atoms with Crippen molar-refractivity contribution in [1.29, 1.82) is 0 Å². The Kier molecular flexibility index (Phi) is 4.78. The molecule has 0 aliphatic heterocycles. The molecule has 0 aliphatic rings. The zero-order valence-corrected chi connectivity index (χ0v) is 8.40. The van der Waals surface area contributed by atoms with E-state index in [1.54, 1.807) is 25.4 Å². The second-order valence-corrected chi connectivity index (χ2v) is 2.95. The van der Waals surface area contributed by atoms with Gasteiger partial charge in [0.15, 0.2) is 0 Å². The van der Waals surface area contributed by atoms with E-state index in [9.17, 15) is 0 Å². The predicted molar refractivity (Wildman–Crippen MR) is 55.3 cm³/mol. The predicted octanol–water partition coefficient (Wildman–Crippen LogP) is 1.47. The largest absolute Gasteiger partial charge is 0.476 e. The lowest BCUT2D eigenvalue weighted by Gasteiger charge is -2.06. The van der Waals surface area contributed by atoms with Crippen LogP contribution in [-0.2, 0) is 4.74 Å². The number of nitrogen functional groups attached to an aromatic ring is 1. The van der Waals surface area contributed by atoms with Crippen molar-refractivity contribution in [2.45, 2.75) is 12.8 Å². The summed E-state index contributed by atoms with van der Waals surface area (Å²) < 4.78 is 10.3. The van der Waals surface area contributed by atoms with Crippen LogP contribution in [0.3, 0.4) is 0 Å². The van der Waals surface area contributed by atoms with Gasteiger partial charge in [0.25, 0.3) is 0 Å². The minimum atomic E-state index is 0.518. The number of aromatic nitrogens is 1. The van der Waals surface area contributed by atoms with Gasteiger partial charge in [0.2, 0.25) is 5.88 Å². The third kappa shape index (κ3) is 3.62. The number of ether oxygens (including phenoxy) is 2. The molecule has 0 fully saturated rings. The fourth-order valence-corrected chi connectivity index (χ4v) is 1.04. The summed E-state index contributed by atoms with van der Waals surface area (Å²) in [5.74, 6) is 0.518. The summed E-state index contributed by atoms with van der Waals surface area (Å²) in [6, 6.07) is 3.56. The Bertz CT molecular complexity index is 266. The molecular formula is C10H16N2O2. The summed E-state index contributed by atoms with van der Waals surface area (Å²) >= 11 is 0. The smallest absolute Gasteiger partial charge is 0.237 e. The second-order valence-electron chi connectivity index (χ2n) is 2.95. The van der Waals surface area contributed by atoms with Crippen LogP contribution in [0.1, 0.15) is 12.8 Å². The van der Waals surface area contributed by atoms with Gasteiger partial charge in [-0.15, -0.1) is 0 Å². The van der Waals surface area contributed by atoms with Crippen LogP contribution in [0.4, 0.5) is 5.69 Å². The molecule has 2 N–H and O–H groups in total. The number of anilines is 1. The highest BCUT2D eigenvalue weighted by Crippen LogP contribution is 2.15. The molecule has 1 rings (SSSR count). The Morgan fingerprint density at radius 1 is 1.36 bits per heavy atom. The van der Waals surface area contributed by atoms with Gasteiger partial charge in [0.05, 0.1) is 12.3 Å². The zero-order chi connectivity index (χ0) is 10.2. The van der Waals surface area contributed by atoms with E-state index in [0.29, 0.717) is 18.2 Å². The van der Waals surface area contributed by atoms with Crippen LogP contribution < -0.4 is 10.5 Å². The van der Waals surface area contributed by atoms with Gasteiger partial charge in [0, 0.05) is 19.9 Å². The molecule has 14 heavy (non-hydrogen) atoms. The molecule has 4 heteroatoms. The second kappa shape index (κ2) is 6.21. The van der Waals surface area contributed by atoms with Gasteiger partial charge >= 0.3 is 0 Å². The number of pyridine rings is 1. The molecule has 0 saturated heterocycles. The highest BCUT2D eigenvalue weighted by molar-refractivity contribution is 5.46. The first-order valence-electron chi connectivity index (χ1n) is 4.67. The fraction of sp³-hybridized carbons (Fsp3) is 0.500. The zero-order valence-electron chi connectivity index (χ0n) is 8.40. The van der Waals surface area contributed by atoms with Crippen LogP contribution in [0.5, 0.6) is 5.88 Å². The third-order valence-electron chi connectivity index (χ3n) is 1.78. The maximum absolute atomic E-state index is 5.65. The Hall–Kier alpha value is -1.29. The minimum absolute atomic E-state index is 0.518. The van der Waals surface area contributed by atoms with Crippen molar-refractivity contribution in [1.82, 2.24) is 4.98 Å². The Labute approximate surface area is 84.0 Å². The van der Waals surface area contributed by atoms with Crippen LogP contribution in [-0.4, -0.2) is 25.3 Å². The Balaban J connectivity index is 2.21. The van der Waals surface area contributed by atoms with Gasteiger partial charge in [-0.1, -0.05) is 0 Å². The van der Waals surface area contributed by atoms with E-state index in [-0.39, 0.29) is 0 Å². The van der Waals surface area contributed by atoms with Crippen molar-refractivity contribution >= 4 is 5.69 Å². The number of unbranched alkanes of at least 4 members (excludes halogenated alkanes) is 1. The van der Waals surface area contributed by atoms with Crippen molar-refractivity contribution in [3.05, 3.63) is 18.3 Å². The molecule has 0 spiro atoms. The number of nitrogens with zero attached hydrogens (tertiary/aromatic N) is 1. The maximum atomic E-state index is 5.65. The molecule has 1 heterocycles. The summed E-state index contributed by atoms with van der Waals surface area (Å²) in [6.45, 7) is 1.39. The number of hydrogen-bond acceptors (Lipinski definition) is 4. The van der Waals surface area contributed by atoms with E-state index >= 15 is 0 Å². The van der Waals surface area contributed by atoms with Gasteiger partial charge in [-0.2, -0.15) is 0 Å². The molecule has 0 saturated carbocycles. The Morgan fingerprint density at radius 2 is 2.14 bits per heavy atom. The molecule has 1 aromatic rings. The van der Waals surface area contributed by atoms with E-state index < -0.39 is 0 Å². The summed E-state index contributed by atoms with van der Waals surface area (Å²) in [4.78, 5) is 4.02. The molecule has 0 bridgehead atoms. The van der Waals surface area contributed by atoms with Crippen molar-refractivity contribution in [2.24, 2.45) is 0 Å². The van der Waals surface area contributed by atoms with Crippen LogP contribution in [0.25, 0.3) is 0 Å². The average molecular weight is 196 g/mol. The first-order chi connectivity index (χ1) is 6.84. The van der Waals surface area contributed by atoms with Crippen molar-refractivity contribution in [2.75, 3.05) is 26.1 Å². The van der Waals surface area contributed by atoms with Gasteiger partial charge in [0.1, 0.15) is 0 Å². The molecule has 78 valence electrons. The molecule has 0 aliphatic carbocycles. The highest BCUT2D eigenvalue weighted by Gasteiger charge is 1.98. The van der Waals surface area contributed by atoms with E-state index in [1.165, 1.54) is 0 Å². The first kappa shape index (κ1) is 10.8. The standard InChI is InChI=1S/C10H16N2O2/c1-13-7-2-3-8-14-10-9(11)5-4-6-12-10/h4-6H,2-3,7-8,11H2,1H3. The molecule has 0 aromatic carbocycles. The number of hydrogen-bond donors (Lipinski definition) is 1. The van der Waals surface area contributed by atoms with Gasteiger partial charge in [-0.05, 0) is 25.0 Å². The summed E-state index contributed by atoms with van der Waals surface area (Å²) in [6.07, 6.45) is 3.61. The van der Waals surface area contributed by atoms with Crippen molar-refractivity contribution < 1.29 is 9.47 Å². The van der Waals surface area contributed by atoms with Crippen LogP contribution >= 0.6 is 0 Å². The fourth-order valence-electron chi connectivity index (χ4n) is 1.04. The van der Waals surface area contributed by atoms with Gasteiger partial charge < -0.3 is 15.2 Å². The average Bonchev–Trinajstić information content (AvgIpc) is 2.20. The van der Waals surface area contributed by atoms with Crippen molar-refractivity contribution in [3.8, 4) is 5.88 Å². The van der Waals surface area contributed by atoms with E-state index in [1.807, 2.05) is 0 Å². The van der Waals surface area contributed by atoms with Gasteiger partial charge in [-0.25, -0.2) is 4.98 Å². The minimum Gasteiger partial charge on any atom is -0.476 e. The molecule has 0 unspecified atom stereocenters. The van der Waals surface area contributed by atoms with E-state index in [0.717, 1.165) is 19.4 Å². The van der Waals surface area contributed by atoms with E-state index in [4.69, 9.17) is 15.2 Å². The molecular weight excluding hydrogens is 180 g/mol. The van der Waals surface area contributed by atoms with Crippen LogP contribution in [0.15, 0.2) is 18.3 Å². The lowest BCUT2D eigenvalue weighted by Crippen LogP contribution is -2.03. The van der Waals surface area contributed by atoms with Gasteiger partial charge in [-0.3, -0.25) is 0 Å². The topological polar surface area (TPSA) is 57.4 Å². The molecule has 0 atom stereocenters. The maximum Gasteiger partial charge on any atom is 0.237 e. The molecule has 4 nitrogen and oxygen atoms in total. The number of methoxy groups -OCH3 is 1. The lowest BCUT2D eigenvalue weighted by atomic mass is 10.3. The van der Waals surface area contributed by atoms with Crippen LogP contribution in [0, 0.1) is 0 Å². The first-order valence-corrected chi connectivity index (χ1v) is 4.67.